The molecule has 2 aromatic carbocycles. The first kappa shape index (κ1) is 9.28. The molecule has 5 aromatic rings. The van der Waals surface area contributed by atoms with Gasteiger partial charge in [-0.1, -0.05) is 0 Å². The molecule has 0 saturated carbocycles. The molecular formula is C16H9NO2. The number of hydrogen-bond acceptors (Lipinski definition) is 2. The second-order valence-corrected chi connectivity index (χ2v) is 4.84. The van der Waals surface area contributed by atoms with Crippen molar-refractivity contribution < 1.29 is 8.83 Å². The van der Waals surface area contributed by atoms with Gasteiger partial charge in [-0.05, 0) is 24.3 Å². The van der Waals surface area contributed by atoms with Gasteiger partial charge in [-0.25, -0.2) is 0 Å². The van der Waals surface area contributed by atoms with E-state index in [1.54, 1.807) is 12.5 Å². The van der Waals surface area contributed by atoms with E-state index in [0.717, 1.165) is 33.0 Å². The third-order valence-electron chi connectivity index (χ3n) is 3.74. The van der Waals surface area contributed by atoms with Crippen molar-refractivity contribution in [1.82, 2.24) is 4.98 Å². The number of fused-ring (bicyclic) bond motifs is 5. The van der Waals surface area contributed by atoms with Crippen molar-refractivity contribution in [3.05, 3.63) is 48.9 Å². The summed E-state index contributed by atoms with van der Waals surface area (Å²) in [5.41, 5.74) is 3.99. The second-order valence-electron chi connectivity index (χ2n) is 4.84. The average molecular weight is 247 g/mol. The molecule has 1 N–H and O–H groups in total. The van der Waals surface area contributed by atoms with Gasteiger partial charge in [-0.3, -0.25) is 0 Å². The van der Waals surface area contributed by atoms with E-state index in [0.29, 0.717) is 0 Å². The Kier molecular flexibility index (Phi) is 1.47. The van der Waals surface area contributed by atoms with Crippen LogP contribution in [0.15, 0.2) is 57.8 Å². The number of H-pyrrole nitrogens is 1. The Hall–Kier alpha value is -2.68. The fourth-order valence-corrected chi connectivity index (χ4v) is 2.82. The third-order valence-corrected chi connectivity index (χ3v) is 3.74. The van der Waals surface area contributed by atoms with Gasteiger partial charge in [0.15, 0.2) is 0 Å². The normalized spacial score (nSPS) is 12.2. The molecule has 0 atom stereocenters. The number of aromatic nitrogens is 1. The summed E-state index contributed by atoms with van der Waals surface area (Å²) in [7, 11) is 0. The number of aromatic amines is 1. The van der Waals surface area contributed by atoms with E-state index in [1.807, 2.05) is 24.3 Å². The highest BCUT2D eigenvalue weighted by molar-refractivity contribution is 6.14. The van der Waals surface area contributed by atoms with Gasteiger partial charge >= 0.3 is 0 Å². The maximum Gasteiger partial charge on any atom is 0.135 e. The van der Waals surface area contributed by atoms with Crippen molar-refractivity contribution in [3.63, 3.8) is 0 Å². The van der Waals surface area contributed by atoms with Crippen LogP contribution in [0.4, 0.5) is 0 Å². The molecule has 0 aliphatic rings. The molecule has 0 unspecified atom stereocenters. The first-order valence-corrected chi connectivity index (χ1v) is 6.18. The zero-order chi connectivity index (χ0) is 12.4. The van der Waals surface area contributed by atoms with Crippen molar-refractivity contribution in [1.29, 1.82) is 0 Å². The van der Waals surface area contributed by atoms with Gasteiger partial charge in [0.05, 0.1) is 23.6 Å². The van der Waals surface area contributed by atoms with Crippen molar-refractivity contribution in [2.75, 3.05) is 0 Å². The van der Waals surface area contributed by atoms with E-state index in [4.69, 9.17) is 8.83 Å². The Morgan fingerprint density at radius 3 is 1.74 bits per heavy atom. The van der Waals surface area contributed by atoms with Gasteiger partial charge in [0.1, 0.15) is 11.2 Å². The molecule has 0 aliphatic heterocycles. The van der Waals surface area contributed by atoms with Crippen molar-refractivity contribution in [3.8, 4) is 0 Å². The summed E-state index contributed by atoms with van der Waals surface area (Å²) in [6, 6.07) is 12.4. The molecule has 3 heterocycles. The summed E-state index contributed by atoms with van der Waals surface area (Å²) in [4.78, 5) is 3.42. The van der Waals surface area contributed by atoms with Crippen LogP contribution >= 0.6 is 0 Å². The van der Waals surface area contributed by atoms with E-state index in [1.165, 1.54) is 10.8 Å². The lowest BCUT2D eigenvalue weighted by Gasteiger charge is -1.92. The molecule has 0 aliphatic carbocycles. The van der Waals surface area contributed by atoms with E-state index < -0.39 is 0 Å². The molecule has 3 nitrogen and oxygen atoms in total. The Morgan fingerprint density at radius 1 is 0.684 bits per heavy atom. The number of hydrogen-bond donors (Lipinski definition) is 1. The van der Waals surface area contributed by atoms with Gasteiger partial charge in [0.25, 0.3) is 0 Å². The fourth-order valence-electron chi connectivity index (χ4n) is 2.82. The highest BCUT2D eigenvalue weighted by Crippen LogP contribution is 2.32. The Labute approximate surface area is 107 Å². The van der Waals surface area contributed by atoms with Crippen LogP contribution in [0.2, 0.25) is 0 Å². The molecule has 0 bridgehead atoms. The lowest BCUT2D eigenvalue weighted by Crippen LogP contribution is -1.68. The number of benzene rings is 2. The first-order chi connectivity index (χ1) is 9.38. The number of nitrogens with one attached hydrogen (secondary N) is 1. The van der Waals surface area contributed by atoms with Crippen molar-refractivity contribution >= 4 is 43.7 Å². The second kappa shape index (κ2) is 3.01. The predicted molar refractivity (Wildman–Crippen MR) is 75.3 cm³/mol. The van der Waals surface area contributed by atoms with Crippen molar-refractivity contribution in [2.45, 2.75) is 0 Å². The zero-order valence-corrected chi connectivity index (χ0v) is 9.94. The highest BCUT2D eigenvalue weighted by Gasteiger charge is 2.09. The molecule has 19 heavy (non-hydrogen) atoms. The van der Waals surface area contributed by atoms with Crippen LogP contribution < -0.4 is 0 Å². The molecule has 3 aromatic heterocycles. The minimum Gasteiger partial charge on any atom is -0.464 e. The quantitative estimate of drug-likeness (QED) is 0.426. The monoisotopic (exact) mass is 247 g/mol. The van der Waals surface area contributed by atoms with E-state index in [-0.39, 0.29) is 0 Å². The molecule has 0 amide bonds. The third kappa shape index (κ3) is 1.12. The molecule has 90 valence electrons. The smallest absolute Gasteiger partial charge is 0.135 e. The summed E-state index contributed by atoms with van der Waals surface area (Å²) in [5.74, 6) is 0. The van der Waals surface area contributed by atoms with Gasteiger partial charge in [-0.15, -0.1) is 0 Å². The topological polar surface area (TPSA) is 42.1 Å². The molecule has 0 spiro atoms. The highest BCUT2D eigenvalue weighted by atomic mass is 16.3. The SMILES string of the molecule is c1cc2cc3c(cc2o1)[nH]c1cc2occc2cc13. The van der Waals surface area contributed by atoms with Crippen LogP contribution in [-0.4, -0.2) is 4.98 Å². The molecule has 3 heteroatoms. The van der Waals surface area contributed by atoms with Crippen LogP contribution in [0, 0.1) is 0 Å². The molecule has 0 saturated heterocycles. The zero-order valence-electron chi connectivity index (χ0n) is 9.94. The molecule has 0 radical (unpaired) electrons. The summed E-state index contributed by atoms with van der Waals surface area (Å²) in [6.07, 6.45) is 3.44. The van der Waals surface area contributed by atoms with Crippen molar-refractivity contribution in [2.24, 2.45) is 0 Å². The van der Waals surface area contributed by atoms with E-state index in [2.05, 4.69) is 17.1 Å². The molecular weight excluding hydrogens is 238 g/mol. The average Bonchev–Trinajstić information content (AvgIpc) is 3.10. The van der Waals surface area contributed by atoms with Gasteiger partial charge < -0.3 is 13.8 Å². The summed E-state index contributed by atoms with van der Waals surface area (Å²) in [6.45, 7) is 0. The van der Waals surface area contributed by atoms with Gasteiger partial charge in [0, 0.05) is 33.7 Å². The largest absolute Gasteiger partial charge is 0.464 e. The van der Waals surface area contributed by atoms with Crippen LogP contribution in [-0.2, 0) is 0 Å². The molecule has 5 rings (SSSR count). The van der Waals surface area contributed by atoms with Gasteiger partial charge in [-0.2, -0.15) is 0 Å². The van der Waals surface area contributed by atoms with E-state index >= 15 is 0 Å². The van der Waals surface area contributed by atoms with Crippen LogP contribution in [0.25, 0.3) is 43.7 Å². The molecule has 0 fully saturated rings. The summed E-state index contributed by atoms with van der Waals surface area (Å²) in [5, 5.41) is 4.68. The number of furan rings is 2. The lowest BCUT2D eigenvalue weighted by atomic mass is 10.1. The Balaban J connectivity index is 2.06. The first-order valence-electron chi connectivity index (χ1n) is 6.18. The lowest BCUT2D eigenvalue weighted by molar-refractivity contribution is 0.616. The minimum atomic E-state index is 0.905. The standard InChI is InChI=1S/C16H9NO2/c1-3-18-15-7-13-11(5-9(1)15)12-6-10-2-4-19-16(10)8-14(12)17-13/h1-8,17H. The Bertz CT molecular complexity index is 977. The maximum atomic E-state index is 5.45. The van der Waals surface area contributed by atoms with Crippen LogP contribution in [0.1, 0.15) is 0 Å². The summed E-state index contributed by atoms with van der Waals surface area (Å²) < 4.78 is 10.9. The summed E-state index contributed by atoms with van der Waals surface area (Å²) >= 11 is 0. The van der Waals surface area contributed by atoms with Gasteiger partial charge in [0.2, 0.25) is 0 Å². The maximum absolute atomic E-state index is 5.45. The van der Waals surface area contributed by atoms with E-state index in [9.17, 15) is 0 Å². The van der Waals surface area contributed by atoms with Crippen LogP contribution in [0.5, 0.6) is 0 Å². The Morgan fingerprint density at radius 2 is 1.21 bits per heavy atom. The number of rotatable bonds is 0. The minimum absolute atomic E-state index is 0.905. The van der Waals surface area contributed by atoms with Crippen LogP contribution in [0.3, 0.4) is 0 Å². The predicted octanol–water partition coefficient (Wildman–Crippen LogP) is 4.81. The fraction of sp³-hybridized carbons (Fsp3) is 0.